The first-order chi connectivity index (χ1) is 13.0. The highest BCUT2D eigenvalue weighted by Gasteiger charge is 2.18. The summed E-state index contributed by atoms with van der Waals surface area (Å²) in [5, 5.41) is 11.9. The van der Waals surface area contributed by atoms with Crippen LogP contribution in [0.2, 0.25) is 10.0 Å². The minimum absolute atomic E-state index is 0.148. The number of thioether (sulfide) groups is 1. The number of hydrogen-bond donors (Lipinski definition) is 1. The molecule has 9 heteroatoms. The summed E-state index contributed by atoms with van der Waals surface area (Å²) in [5.74, 6) is 0.729. The number of rotatable bonds is 7. The molecule has 140 valence electrons. The van der Waals surface area contributed by atoms with E-state index in [0.29, 0.717) is 15.8 Å². The van der Waals surface area contributed by atoms with Crippen LogP contribution in [0.4, 0.5) is 5.69 Å². The Labute approximate surface area is 170 Å². The molecule has 0 saturated carbocycles. The molecular weight excluding hydrogens is 409 g/mol. The van der Waals surface area contributed by atoms with Crippen LogP contribution in [0.5, 0.6) is 5.75 Å². The quantitative estimate of drug-likeness (QED) is 0.523. The molecule has 27 heavy (non-hydrogen) atoms. The largest absolute Gasteiger partial charge is 0.479 e. The summed E-state index contributed by atoms with van der Waals surface area (Å²) in [4.78, 5) is 12.0. The summed E-state index contributed by atoms with van der Waals surface area (Å²) >= 11 is 13.1. The molecule has 2 aromatic carbocycles. The number of nitrogens with one attached hydrogen (secondary N) is 1. The zero-order chi connectivity index (χ0) is 19.2. The molecule has 0 unspecified atom stereocenters. The van der Waals surface area contributed by atoms with Crippen molar-refractivity contribution in [2.75, 3.05) is 11.1 Å². The summed E-state index contributed by atoms with van der Waals surface area (Å²) in [6.07, 6.45) is -0.510. The maximum Gasteiger partial charge on any atom is 0.277 e. The molecule has 0 bridgehead atoms. The fraction of sp³-hybridized carbons (Fsp3) is 0.167. The van der Waals surface area contributed by atoms with Crippen LogP contribution < -0.4 is 10.1 Å². The van der Waals surface area contributed by atoms with Gasteiger partial charge in [0.25, 0.3) is 11.1 Å². The normalized spacial score (nSPS) is 11.8. The van der Waals surface area contributed by atoms with Gasteiger partial charge in [-0.25, -0.2) is 0 Å². The van der Waals surface area contributed by atoms with Crippen LogP contribution in [0, 0.1) is 0 Å². The average molecular weight is 424 g/mol. The van der Waals surface area contributed by atoms with E-state index < -0.39 is 6.10 Å². The van der Waals surface area contributed by atoms with E-state index in [0.717, 1.165) is 17.4 Å². The third-order valence-electron chi connectivity index (χ3n) is 3.35. The number of hydrogen-bond acceptors (Lipinski definition) is 6. The van der Waals surface area contributed by atoms with Gasteiger partial charge in [-0.2, -0.15) is 0 Å². The minimum Gasteiger partial charge on any atom is -0.479 e. The van der Waals surface area contributed by atoms with Gasteiger partial charge >= 0.3 is 0 Å². The first kappa shape index (κ1) is 19.5. The number of para-hydroxylation sites is 1. The van der Waals surface area contributed by atoms with Crippen molar-refractivity contribution in [2.45, 2.75) is 18.3 Å². The molecule has 0 saturated heterocycles. The smallest absolute Gasteiger partial charge is 0.277 e. The van der Waals surface area contributed by atoms with Crippen LogP contribution in [0.15, 0.2) is 58.2 Å². The summed E-state index contributed by atoms with van der Waals surface area (Å²) in [6.45, 7) is 1.76. The molecule has 0 fully saturated rings. The van der Waals surface area contributed by atoms with Crippen molar-refractivity contribution in [3.63, 3.8) is 0 Å². The van der Waals surface area contributed by atoms with Crippen LogP contribution >= 0.6 is 35.0 Å². The molecule has 0 spiro atoms. The van der Waals surface area contributed by atoms with Gasteiger partial charge < -0.3 is 14.5 Å². The lowest BCUT2D eigenvalue weighted by Gasteiger charge is -2.12. The van der Waals surface area contributed by atoms with E-state index >= 15 is 0 Å². The molecule has 0 aliphatic carbocycles. The molecule has 1 atom stereocenters. The molecular formula is C18H15Cl2N3O3S. The number of halogens is 2. The topological polar surface area (TPSA) is 77.2 Å². The number of aromatic nitrogens is 2. The van der Waals surface area contributed by atoms with Crippen molar-refractivity contribution in [2.24, 2.45) is 0 Å². The number of anilines is 1. The third-order valence-corrected chi connectivity index (χ3v) is 4.70. The Bertz CT molecular complexity index is 921. The summed E-state index contributed by atoms with van der Waals surface area (Å²) in [7, 11) is 0. The molecule has 0 aliphatic heterocycles. The Morgan fingerprint density at radius 3 is 2.74 bits per heavy atom. The number of nitrogens with zero attached hydrogens (tertiary/aromatic N) is 2. The Morgan fingerprint density at radius 2 is 2.00 bits per heavy atom. The maximum absolute atomic E-state index is 12.0. The highest BCUT2D eigenvalue weighted by atomic mass is 35.5. The molecule has 1 heterocycles. The average Bonchev–Trinajstić information content (AvgIpc) is 3.12. The Morgan fingerprint density at radius 1 is 1.22 bits per heavy atom. The van der Waals surface area contributed by atoms with Crippen molar-refractivity contribution < 1.29 is 13.9 Å². The fourth-order valence-electron chi connectivity index (χ4n) is 2.10. The van der Waals surface area contributed by atoms with Crippen LogP contribution in [0.3, 0.4) is 0 Å². The molecule has 3 rings (SSSR count). The highest BCUT2D eigenvalue weighted by molar-refractivity contribution is 7.99. The Kier molecular flexibility index (Phi) is 6.60. The van der Waals surface area contributed by atoms with Crippen LogP contribution in [0.25, 0.3) is 0 Å². The first-order valence-electron chi connectivity index (χ1n) is 7.94. The van der Waals surface area contributed by atoms with Gasteiger partial charge in [-0.15, -0.1) is 10.2 Å². The molecule has 3 aromatic rings. The lowest BCUT2D eigenvalue weighted by Crippen LogP contribution is -2.13. The standard InChI is InChI=1S/C18H15Cl2N3O3S/c1-11(25-15-8-7-12(19)9-14(15)20)17-22-23-18(26-17)27-10-16(24)21-13-5-3-2-4-6-13/h2-9,11H,10H2,1H3,(H,21,24)/t11-/m1/s1. The SMILES string of the molecule is C[C@@H](Oc1ccc(Cl)cc1Cl)c1nnc(SCC(=O)Nc2ccccc2)o1. The molecule has 1 N–H and O–H groups in total. The second-order valence-corrected chi connectivity index (χ2v) is 7.21. The lowest BCUT2D eigenvalue weighted by molar-refractivity contribution is -0.113. The van der Waals surface area contributed by atoms with Gasteiger partial charge in [-0.1, -0.05) is 53.2 Å². The van der Waals surface area contributed by atoms with E-state index in [4.69, 9.17) is 32.4 Å². The predicted molar refractivity (Wildman–Crippen MR) is 106 cm³/mol. The van der Waals surface area contributed by atoms with Gasteiger partial charge in [0.1, 0.15) is 5.75 Å². The van der Waals surface area contributed by atoms with Gasteiger partial charge in [-0.05, 0) is 37.3 Å². The zero-order valence-electron chi connectivity index (χ0n) is 14.2. The maximum atomic E-state index is 12.0. The second kappa shape index (κ2) is 9.12. The van der Waals surface area contributed by atoms with E-state index in [1.54, 1.807) is 25.1 Å². The van der Waals surface area contributed by atoms with E-state index in [1.807, 2.05) is 30.3 Å². The van der Waals surface area contributed by atoms with Crippen molar-refractivity contribution in [3.8, 4) is 5.75 Å². The van der Waals surface area contributed by atoms with Crippen LogP contribution in [-0.2, 0) is 4.79 Å². The second-order valence-electron chi connectivity index (χ2n) is 5.44. The van der Waals surface area contributed by atoms with Gasteiger partial charge in [0.05, 0.1) is 10.8 Å². The van der Waals surface area contributed by atoms with Gasteiger partial charge in [0, 0.05) is 10.7 Å². The molecule has 6 nitrogen and oxygen atoms in total. The number of carbonyl (C=O) groups excluding carboxylic acids is 1. The summed E-state index contributed by atoms with van der Waals surface area (Å²) < 4.78 is 11.3. The number of amides is 1. The molecule has 1 amide bonds. The van der Waals surface area contributed by atoms with Gasteiger partial charge in [0.15, 0.2) is 6.10 Å². The molecule has 0 radical (unpaired) electrons. The monoisotopic (exact) mass is 423 g/mol. The highest BCUT2D eigenvalue weighted by Crippen LogP contribution is 2.31. The minimum atomic E-state index is -0.510. The number of ether oxygens (including phenoxy) is 1. The Balaban J connectivity index is 1.53. The summed E-state index contributed by atoms with van der Waals surface area (Å²) in [5.41, 5.74) is 0.733. The van der Waals surface area contributed by atoms with E-state index in [9.17, 15) is 4.79 Å². The summed E-state index contributed by atoms with van der Waals surface area (Å²) in [6, 6.07) is 14.1. The van der Waals surface area contributed by atoms with E-state index in [-0.39, 0.29) is 22.8 Å². The third kappa shape index (κ3) is 5.63. The van der Waals surface area contributed by atoms with Crippen molar-refractivity contribution >= 4 is 46.6 Å². The predicted octanol–water partition coefficient (Wildman–Crippen LogP) is 5.25. The van der Waals surface area contributed by atoms with Crippen LogP contribution in [0.1, 0.15) is 18.9 Å². The zero-order valence-corrected chi connectivity index (χ0v) is 16.5. The van der Waals surface area contributed by atoms with Crippen molar-refractivity contribution in [3.05, 3.63) is 64.5 Å². The van der Waals surface area contributed by atoms with Crippen LogP contribution in [-0.4, -0.2) is 21.9 Å². The van der Waals surface area contributed by atoms with Crippen molar-refractivity contribution in [1.29, 1.82) is 0 Å². The first-order valence-corrected chi connectivity index (χ1v) is 9.68. The van der Waals surface area contributed by atoms with Crippen molar-refractivity contribution in [1.82, 2.24) is 10.2 Å². The van der Waals surface area contributed by atoms with E-state index in [2.05, 4.69) is 15.5 Å². The lowest BCUT2D eigenvalue weighted by atomic mass is 10.3. The van der Waals surface area contributed by atoms with Gasteiger partial charge in [0.2, 0.25) is 5.91 Å². The fourth-order valence-corrected chi connectivity index (χ4v) is 3.12. The number of benzene rings is 2. The molecule has 0 aliphatic rings. The number of carbonyl (C=O) groups is 1. The van der Waals surface area contributed by atoms with E-state index in [1.165, 1.54) is 0 Å². The molecule has 1 aromatic heterocycles. The Hall–Kier alpha value is -2.22. The van der Waals surface area contributed by atoms with Gasteiger partial charge in [-0.3, -0.25) is 4.79 Å².